The zero-order valence-electron chi connectivity index (χ0n) is 15.7. The van der Waals surface area contributed by atoms with Crippen LogP contribution in [-0.4, -0.2) is 70.3 Å². The molecule has 2 aliphatic heterocycles. The fourth-order valence-corrected chi connectivity index (χ4v) is 4.19. The number of likely N-dealkylation sites (tertiary alicyclic amines) is 2. The van der Waals surface area contributed by atoms with Crippen LogP contribution in [0.2, 0.25) is 0 Å². The topological polar surface area (TPSA) is 53.4 Å². The Morgan fingerprint density at radius 3 is 2.72 bits per heavy atom. The minimum atomic E-state index is 0.148. The van der Waals surface area contributed by atoms with E-state index in [0.29, 0.717) is 18.6 Å². The van der Waals surface area contributed by atoms with Gasteiger partial charge in [-0.2, -0.15) is 5.10 Å². The molecule has 0 bridgehead atoms. The third-order valence-corrected chi connectivity index (χ3v) is 5.77. The second-order valence-corrected chi connectivity index (χ2v) is 7.76. The molecule has 2 saturated heterocycles. The third kappa shape index (κ3) is 5.05. The van der Waals surface area contributed by atoms with Gasteiger partial charge in [-0.25, -0.2) is 0 Å². The summed E-state index contributed by atoms with van der Waals surface area (Å²) >= 11 is 0. The van der Waals surface area contributed by atoms with Crippen LogP contribution < -0.4 is 5.32 Å². The lowest BCUT2D eigenvalue weighted by atomic mass is 9.93. The summed E-state index contributed by atoms with van der Waals surface area (Å²) in [5.74, 6) is 0.367. The summed E-state index contributed by atoms with van der Waals surface area (Å²) in [5, 5.41) is 7.27. The second-order valence-electron chi connectivity index (χ2n) is 7.76. The van der Waals surface area contributed by atoms with Crippen molar-refractivity contribution in [3.8, 4) is 0 Å². The Morgan fingerprint density at radius 1 is 1.24 bits per heavy atom. The molecule has 1 amide bonds. The molecule has 3 rings (SSSR count). The Labute approximate surface area is 151 Å². The summed E-state index contributed by atoms with van der Waals surface area (Å²) in [5.41, 5.74) is 0. The van der Waals surface area contributed by atoms with Crippen LogP contribution in [0.1, 0.15) is 39.5 Å². The molecule has 1 aromatic rings. The van der Waals surface area contributed by atoms with Gasteiger partial charge >= 0.3 is 0 Å². The van der Waals surface area contributed by atoms with Gasteiger partial charge in [0.2, 0.25) is 5.91 Å². The zero-order valence-corrected chi connectivity index (χ0v) is 15.7. The van der Waals surface area contributed by atoms with Crippen molar-refractivity contribution < 1.29 is 4.79 Å². The Kier molecular flexibility index (Phi) is 6.48. The van der Waals surface area contributed by atoms with E-state index in [1.165, 1.54) is 25.9 Å². The maximum atomic E-state index is 12.5. The van der Waals surface area contributed by atoms with Gasteiger partial charge in [-0.3, -0.25) is 14.4 Å². The molecule has 1 aromatic heterocycles. The molecule has 0 unspecified atom stereocenters. The van der Waals surface area contributed by atoms with Gasteiger partial charge in [0.25, 0.3) is 0 Å². The number of piperidine rings is 2. The Morgan fingerprint density at radius 2 is 2.04 bits per heavy atom. The molecule has 1 atom stereocenters. The minimum absolute atomic E-state index is 0.148. The van der Waals surface area contributed by atoms with E-state index in [0.717, 1.165) is 32.5 Å². The maximum Gasteiger partial charge on any atom is 0.224 e. The minimum Gasteiger partial charge on any atom is -0.354 e. The first-order valence-electron chi connectivity index (χ1n) is 9.86. The molecule has 0 aliphatic carbocycles. The predicted octanol–water partition coefficient (Wildman–Crippen LogP) is 1.58. The van der Waals surface area contributed by atoms with Gasteiger partial charge in [0.05, 0.1) is 12.5 Å². The van der Waals surface area contributed by atoms with Gasteiger partial charge in [0, 0.05) is 37.6 Å². The smallest absolute Gasteiger partial charge is 0.224 e. The SMILES string of the molecule is CC(C)N1CCC(N2CCC[C@@H](C(=O)NCCn3cccn3)C2)CC1. The van der Waals surface area contributed by atoms with Crippen molar-refractivity contribution in [3.63, 3.8) is 0 Å². The van der Waals surface area contributed by atoms with Gasteiger partial charge in [-0.15, -0.1) is 0 Å². The maximum absolute atomic E-state index is 12.5. The standard InChI is InChI=1S/C19H33N5O/c1-16(2)22-12-6-18(7-13-22)23-10-3-5-17(15-23)19(25)20-9-14-24-11-4-8-21-24/h4,8,11,16-18H,3,5-7,9-10,12-15H2,1-2H3,(H,20,25)/t17-/m1/s1. The molecule has 2 fully saturated rings. The number of amides is 1. The number of hydrogen-bond acceptors (Lipinski definition) is 4. The van der Waals surface area contributed by atoms with Crippen LogP contribution in [0.25, 0.3) is 0 Å². The summed E-state index contributed by atoms with van der Waals surface area (Å²) in [6, 6.07) is 3.22. The summed E-state index contributed by atoms with van der Waals surface area (Å²) in [4.78, 5) is 17.7. The van der Waals surface area contributed by atoms with E-state index in [1.807, 2.05) is 16.9 Å². The highest BCUT2D eigenvalue weighted by atomic mass is 16.1. The average Bonchev–Trinajstić information content (AvgIpc) is 3.15. The highest BCUT2D eigenvalue weighted by molar-refractivity contribution is 5.78. The zero-order chi connectivity index (χ0) is 17.6. The lowest BCUT2D eigenvalue weighted by Gasteiger charge is -2.43. The third-order valence-electron chi connectivity index (χ3n) is 5.77. The van der Waals surface area contributed by atoms with Crippen LogP contribution in [0.3, 0.4) is 0 Å². The molecule has 3 heterocycles. The number of rotatable bonds is 6. The number of nitrogens with zero attached hydrogens (tertiary/aromatic N) is 4. The van der Waals surface area contributed by atoms with Crippen molar-refractivity contribution in [1.29, 1.82) is 0 Å². The van der Waals surface area contributed by atoms with Crippen LogP contribution >= 0.6 is 0 Å². The molecule has 0 aromatic carbocycles. The monoisotopic (exact) mass is 347 g/mol. The molecule has 0 saturated carbocycles. The van der Waals surface area contributed by atoms with E-state index in [2.05, 4.69) is 34.1 Å². The molecule has 0 spiro atoms. The summed E-state index contributed by atoms with van der Waals surface area (Å²) < 4.78 is 1.86. The lowest BCUT2D eigenvalue weighted by molar-refractivity contribution is -0.127. The number of nitrogens with one attached hydrogen (secondary N) is 1. The van der Waals surface area contributed by atoms with Crippen LogP contribution in [0, 0.1) is 5.92 Å². The van der Waals surface area contributed by atoms with E-state index >= 15 is 0 Å². The van der Waals surface area contributed by atoms with Crippen LogP contribution in [-0.2, 0) is 11.3 Å². The molecule has 0 radical (unpaired) electrons. The largest absolute Gasteiger partial charge is 0.354 e. The first kappa shape index (κ1) is 18.4. The van der Waals surface area contributed by atoms with Crippen LogP contribution in [0.4, 0.5) is 0 Å². The van der Waals surface area contributed by atoms with Crippen molar-refractivity contribution >= 4 is 5.91 Å². The highest BCUT2D eigenvalue weighted by Gasteiger charge is 2.31. The van der Waals surface area contributed by atoms with E-state index in [4.69, 9.17) is 0 Å². The van der Waals surface area contributed by atoms with Gasteiger partial charge in [0.15, 0.2) is 0 Å². The van der Waals surface area contributed by atoms with E-state index in [1.54, 1.807) is 6.20 Å². The van der Waals surface area contributed by atoms with E-state index in [9.17, 15) is 4.79 Å². The summed E-state index contributed by atoms with van der Waals surface area (Å²) in [7, 11) is 0. The number of carbonyl (C=O) groups is 1. The number of carbonyl (C=O) groups excluding carboxylic acids is 1. The van der Waals surface area contributed by atoms with Gasteiger partial charge in [-0.05, 0) is 65.2 Å². The number of aromatic nitrogens is 2. The molecule has 6 heteroatoms. The predicted molar refractivity (Wildman–Crippen MR) is 99.3 cm³/mol. The van der Waals surface area contributed by atoms with E-state index < -0.39 is 0 Å². The quantitative estimate of drug-likeness (QED) is 0.849. The highest BCUT2D eigenvalue weighted by Crippen LogP contribution is 2.24. The molecule has 6 nitrogen and oxygen atoms in total. The average molecular weight is 348 g/mol. The second kappa shape index (κ2) is 8.81. The first-order valence-corrected chi connectivity index (χ1v) is 9.86. The normalized spacial score (nSPS) is 23.9. The fraction of sp³-hybridized carbons (Fsp3) is 0.789. The van der Waals surface area contributed by atoms with Gasteiger partial charge in [0.1, 0.15) is 0 Å². The molecule has 140 valence electrons. The summed E-state index contributed by atoms with van der Waals surface area (Å²) in [6.45, 7) is 10.4. The Bertz CT molecular complexity index is 522. The van der Waals surface area contributed by atoms with Crippen molar-refractivity contribution in [2.24, 2.45) is 5.92 Å². The van der Waals surface area contributed by atoms with Gasteiger partial charge < -0.3 is 10.2 Å². The number of hydrogen-bond donors (Lipinski definition) is 1. The van der Waals surface area contributed by atoms with Crippen molar-refractivity contribution in [2.75, 3.05) is 32.7 Å². The van der Waals surface area contributed by atoms with Crippen molar-refractivity contribution in [3.05, 3.63) is 18.5 Å². The first-order chi connectivity index (χ1) is 12.1. The summed E-state index contributed by atoms with van der Waals surface area (Å²) in [6.07, 6.45) is 8.34. The fourth-order valence-electron chi connectivity index (χ4n) is 4.19. The van der Waals surface area contributed by atoms with Crippen molar-refractivity contribution in [1.82, 2.24) is 24.9 Å². The Balaban J connectivity index is 1.42. The lowest BCUT2D eigenvalue weighted by Crippen LogP contribution is -2.51. The Hall–Kier alpha value is -1.40. The van der Waals surface area contributed by atoms with Crippen LogP contribution in [0.5, 0.6) is 0 Å². The van der Waals surface area contributed by atoms with Crippen molar-refractivity contribution in [2.45, 2.75) is 58.2 Å². The molecule has 25 heavy (non-hydrogen) atoms. The molecular formula is C19H33N5O. The van der Waals surface area contributed by atoms with E-state index in [-0.39, 0.29) is 11.8 Å². The molecule has 1 N–H and O–H groups in total. The van der Waals surface area contributed by atoms with Gasteiger partial charge in [-0.1, -0.05) is 0 Å². The molecular weight excluding hydrogens is 314 g/mol. The van der Waals surface area contributed by atoms with Crippen LogP contribution in [0.15, 0.2) is 18.5 Å². The molecule has 2 aliphatic rings.